The van der Waals surface area contributed by atoms with Crippen molar-refractivity contribution in [1.29, 1.82) is 0 Å². The highest BCUT2D eigenvalue weighted by Crippen LogP contribution is 2.28. The zero-order chi connectivity index (χ0) is 15.1. The number of nitrogens with one attached hydrogen (secondary N) is 1. The highest BCUT2D eigenvalue weighted by atomic mass is 127. The number of hydrogen-bond acceptors (Lipinski definition) is 4. The Balaban J connectivity index is 0.00000242. The Hall–Kier alpha value is -0.410. The molecule has 1 aliphatic rings. The normalized spacial score (nSPS) is 14.6. The van der Waals surface area contributed by atoms with Gasteiger partial charge in [-0.15, -0.1) is 35.3 Å². The molecule has 1 aromatic heterocycles. The number of ether oxygens (including phenoxy) is 1. The average Bonchev–Trinajstić information content (AvgIpc) is 3.20. The third-order valence-corrected chi connectivity index (χ3v) is 4.27. The Bertz CT molecular complexity index is 462. The van der Waals surface area contributed by atoms with Gasteiger partial charge in [0.15, 0.2) is 5.96 Å². The molecule has 1 saturated carbocycles. The van der Waals surface area contributed by atoms with E-state index >= 15 is 0 Å². The standard InChI is InChI=1S/C15H26N4OS.HI/c1-4-16-15(18-10-14-9-17-12(2)21-14)19(3)7-8-20-11-13-5-6-13;/h9,13H,4-8,10-11H2,1-3H3,(H,16,18);1H. The van der Waals surface area contributed by atoms with Crippen molar-refractivity contribution in [3.63, 3.8) is 0 Å². The van der Waals surface area contributed by atoms with E-state index < -0.39 is 0 Å². The first-order chi connectivity index (χ1) is 10.2. The first-order valence-corrected chi connectivity index (χ1v) is 8.49. The number of hydrogen-bond donors (Lipinski definition) is 1. The van der Waals surface area contributed by atoms with Gasteiger partial charge in [0.05, 0.1) is 18.2 Å². The molecule has 0 aliphatic heterocycles. The first kappa shape index (κ1) is 19.6. The summed E-state index contributed by atoms with van der Waals surface area (Å²) in [5, 5.41) is 4.42. The van der Waals surface area contributed by atoms with E-state index in [2.05, 4.69) is 34.2 Å². The molecule has 22 heavy (non-hydrogen) atoms. The molecule has 0 saturated heterocycles. The molecule has 126 valence electrons. The molecular formula is C15H27IN4OS. The molecule has 1 aliphatic carbocycles. The van der Waals surface area contributed by atoms with E-state index in [-0.39, 0.29) is 24.0 Å². The van der Waals surface area contributed by atoms with E-state index in [1.807, 2.05) is 13.1 Å². The van der Waals surface area contributed by atoms with Gasteiger partial charge in [-0.3, -0.25) is 0 Å². The van der Waals surface area contributed by atoms with Gasteiger partial charge in [0.25, 0.3) is 0 Å². The molecule has 0 unspecified atom stereocenters. The van der Waals surface area contributed by atoms with Crippen molar-refractivity contribution in [3.05, 3.63) is 16.1 Å². The minimum absolute atomic E-state index is 0. The predicted molar refractivity (Wildman–Crippen MR) is 103 cm³/mol. The number of aryl methyl sites for hydroxylation is 1. The number of guanidine groups is 1. The van der Waals surface area contributed by atoms with E-state index in [9.17, 15) is 0 Å². The van der Waals surface area contributed by atoms with Gasteiger partial charge in [-0.25, -0.2) is 9.98 Å². The Morgan fingerprint density at radius 3 is 2.91 bits per heavy atom. The van der Waals surface area contributed by atoms with Gasteiger partial charge < -0.3 is 15.0 Å². The van der Waals surface area contributed by atoms with Crippen molar-refractivity contribution in [2.75, 3.05) is 33.4 Å². The number of aliphatic imine (C=N–C) groups is 1. The van der Waals surface area contributed by atoms with Gasteiger partial charge in [0, 0.05) is 37.8 Å². The summed E-state index contributed by atoms with van der Waals surface area (Å²) in [6, 6.07) is 0. The number of rotatable bonds is 8. The van der Waals surface area contributed by atoms with Crippen LogP contribution in [0.4, 0.5) is 0 Å². The Kier molecular flexibility index (Phi) is 9.27. The minimum Gasteiger partial charge on any atom is -0.379 e. The van der Waals surface area contributed by atoms with E-state index in [1.54, 1.807) is 11.3 Å². The van der Waals surface area contributed by atoms with Gasteiger partial charge in [-0.05, 0) is 32.6 Å². The number of thiazole rings is 1. The van der Waals surface area contributed by atoms with Crippen LogP contribution >= 0.6 is 35.3 Å². The summed E-state index contributed by atoms with van der Waals surface area (Å²) in [5.74, 6) is 1.75. The van der Waals surface area contributed by atoms with Crippen molar-refractivity contribution in [3.8, 4) is 0 Å². The molecule has 1 aromatic rings. The van der Waals surface area contributed by atoms with Crippen LogP contribution in [0.2, 0.25) is 0 Å². The van der Waals surface area contributed by atoms with Crippen molar-refractivity contribution >= 4 is 41.3 Å². The maximum Gasteiger partial charge on any atom is 0.194 e. The molecular weight excluding hydrogens is 411 g/mol. The molecule has 0 spiro atoms. The van der Waals surface area contributed by atoms with Crippen LogP contribution in [0.5, 0.6) is 0 Å². The van der Waals surface area contributed by atoms with Gasteiger partial charge in [-0.2, -0.15) is 0 Å². The van der Waals surface area contributed by atoms with Crippen LogP contribution in [0.1, 0.15) is 29.7 Å². The Morgan fingerprint density at radius 2 is 2.32 bits per heavy atom. The van der Waals surface area contributed by atoms with E-state index in [0.717, 1.165) is 43.2 Å². The third-order valence-electron chi connectivity index (χ3n) is 3.37. The van der Waals surface area contributed by atoms with E-state index in [4.69, 9.17) is 4.74 Å². The highest BCUT2D eigenvalue weighted by molar-refractivity contribution is 14.0. The number of halogens is 1. The molecule has 5 nitrogen and oxygen atoms in total. The largest absolute Gasteiger partial charge is 0.379 e. The summed E-state index contributed by atoms with van der Waals surface area (Å²) < 4.78 is 5.69. The SMILES string of the molecule is CCNC(=NCc1cnc(C)s1)N(C)CCOCC1CC1.I. The molecule has 7 heteroatoms. The molecule has 0 aromatic carbocycles. The maximum atomic E-state index is 5.69. The van der Waals surface area contributed by atoms with Crippen molar-refractivity contribution in [1.82, 2.24) is 15.2 Å². The van der Waals surface area contributed by atoms with E-state index in [0.29, 0.717) is 6.54 Å². The lowest BCUT2D eigenvalue weighted by atomic mass is 10.5. The van der Waals surface area contributed by atoms with Gasteiger partial charge in [0.1, 0.15) is 0 Å². The van der Waals surface area contributed by atoms with Crippen molar-refractivity contribution < 1.29 is 4.74 Å². The fraction of sp³-hybridized carbons (Fsp3) is 0.733. The summed E-state index contributed by atoms with van der Waals surface area (Å²) in [5.41, 5.74) is 0. The van der Waals surface area contributed by atoms with Crippen LogP contribution in [-0.4, -0.2) is 49.2 Å². The van der Waals surface area contributed by atoms with Crippen LogP contribution in [-0.2, 0) is 11.3 Å². The van der Waals surface area contributed by atoms with Crippen molar-refractivity contribution in [2.24, 2.45) is 10.9 Å². The van der Waals surface area contributed by atoms with Crippen LogP contribution in [0, 0.1) is 12.8 Å². The summed E-state index contributed by atoms with van der Waals surface area (Å²) in [7, 11) is 2.06. The molecule has 1 N–H and O–H groups in total. The fourth-order valence-electron chi connectivity index (χ4n) is 1.94. The van der Waals surface area contributed by atoms with Crippen LogP contribution in [0.15, 0.2) is 11.2 Å². The Labute approximate surface area is 154 Å². The smallest absolute Gasteiger partial charge is 0.194 e. The molecule has 0 atom stereocenters. The number of likely N-dealkylation sites (N-methyl/N-ethyl adjacent to an activating group) is 1. The lowest BCUT2D eigenvalue weighted by Crippen LogP contribution is -2.40. The third kappa shape index (κ3) is 7.23. The predicted octanol–water partition coefficient (Wildman–Crippen LogP) is 2.89. The molecule has 1 fully saturated rings. The fourth-order valence-corrected chi connectivity index (χ4v) is 2.66. The molecule has 0 amide bonds. The van der Waals surface area contributed by atoms with E-state index in [1.165, 1.54) is 17.7 Å². The number of nitrogens with zero attached hydrogens (tertiary/aromatic N) is 3. The second-order valence-electron chi connectivity index (χ2n) is 5.46. The highest BCUT2D eigenvalue weighted by Gasteiger charge is 2.21. The van der Waals surface area contributed by atoms with Crippen LogP contribution < -0.4 is 5.32 Å². The summed E-state index contributed by atoms with van der Waals surface area (Å²) >= 11 is 1.70. The van der Waals surface area contributed by atoms with Gasteiger partial charge in [-0.1, -0.05) is 0 Å². The van der Waals surface area contributed by atoms with Crippen molar-refractivity contribution in [2.45, 2.75) is 33.2 Å². The topological polar surface area (TPSA) is 49.8 Å². The summed E-state index contributed by atoms with van der Waals surface area (Å²) in [6.45, 7) is 8.20. The number of aromatic nitrogens is 1. The quantitative estimate of drug-likeness (QED) is 0.294. The lowest BCUT2D eigenvalue weighted by molar-refractivity contribution is 0.115. The van der Waals surface area contributed by atoms with Gasteiger partial charge in [0.2, 0.25) is 0 Å². The maximum absolute atomic E-state index is 5.69. The van der Waals surface area contributed by atoms with Gasteiger partial charge >= 0.3 is 0 Å². The zero-order valence-corrected chi connectivity index (χ0v) is 16.8. The molecule has 1 heterocycles. The monoisotopic (exact) mass is 438 g/mol. The average molecular weight is 438 g/mol. The second kappa shape index (κ2) is 10.4. The molecule has 2 rings (SSSR count). The van der Waals surface area contributed by atoms with Crippen LogP contribution in [0.3, 0.4) is 0 Å². The lowest BCUT2D eigenvalue weighted by Gasteiger charge is -2.21. The molecule has 0 radical (unpaired) electrons. The molecule has 0 bridgehead atoms. The first-order valence-electron chi connectivity index (χ1n) is 7.67. The Morgan fingerprint density at radius 1 is 1.55 bits per heavy atom. The summed E-state index contributed by atoms with van der Waals surface area (Å²) in [4.78, 5) is 12.3. The van der Waals surface area contributed by atoms with Crippen LogP contribution in [0.25, 0.3) is 0 Å². The zero-order valence-electron chi connectivity index (χ0n) is 13.7. The summed E-state index contributed by atoms with van der Waals surface area (Å²) in [6.07, 6.45) is 4.59. The minimum atomic E-state index is 0. The second-order valence-corrected chi connectivity index (χ2v) is 6.77.